The van der Waals surface area contributed by atoms with Gasteiger partial charge < -0.3 is 10.4 Å². The van der Waals surface area contributed by atoms with Gasteiger partial charge in [0.15, 0.2) is 0 Å². The summed E-state index contributed by atoms with van der Waals surface area (Å²) in [6.45, 7) is 1.15. The number of rotatable bonds is 5. The highest BCUT2D eigenvalue weighted by Crippen LogP contribution is 2.22. The molecular weight excluding hydrogens is 312 g/mol. The maximum Gasteiger partial charge on any atom is 0.0476 e. The smallest absolute Gasteiger partial charge is 0.0476 e. The van der Waals surface area contributed by atoms with Crippen molar-refractivity contribution in [2.45, 2.75) is 12.8 Å². The van der Waals surface area contributed by atoms with Crippen LogP contribution < -0.4 is 5.32 Å². The molecule has 0 saturated heterocycles. The standard InChI is InChI=1S/C10H13ClINO/c11-8-3-4-10(9(12)7-8)13-5-1-2-6-14/h3-4,7,13-14H,1-2,5-6H2. The number of nitrogens with one attached hydrogen (secondary N) is 1. The summed E-state index contributed by atoms with van der Waals surface area (Å²) in [5, 5.41) is 12.7. The first-order valence-electron chi connectivity index (χ1n) is 4.54. The number of benzene rings is 1. The number of unbranched alkanes of at least 4 members (excludes halogenated alkanes) is 1. The number of aliphatic hydroxyl groups excluding tert-OH is 1. The van der Waals surface area contributed by atoms with E-state index in [1.165, 1.54) is 0 Å². The van der Waals surface area contributed by atoms with Gasteiger partial charge in [0.1, 0.15) is 0 Å². The summed E-state index contributed by atoms with van der Waals surface area (Å²) in [7, 11) is 0. The summed E-state index contributed by atoms with van der Waals surface area (Å²) in [4.78, 5) is 0. The number of hydrogen-bond acceptors (Lipinski definition) is 2. The lowest BCUT2D eigenvalue weighted by molar-refractivity contribution is 0.286. The quantitative estimate of drug-likeness (QED) is 0.644. The molecule has 0 aliphatic rings. The second-order valence-corrected chi connectivity index (χ2v) is 4.58. The number of halogens is 2. The molecule has 0 aliphatic heterocycles. The lowest BCUT2D eigenvalue weighted by atomic mass is 10.3. The Morgan fingerprint density at radius 1 is 1.36 bits per heavy atom. The Morgan fingerprint density at radius 3 is 2.79 bits per heavy atom. The fourth-order valence-electron chi connectivity index (χ4n) is 1.09. The third-order valence-corrected chi connectivity index (χ3v) is 2.96. The third-order valence-electron chi connectivity index (χ3n) is 1.83. The monoisotopic (exact) mass is 325 g/mol. The van der Waals surface area contributed by atoms with E-state index in [1.807, 2.05) is 18.2 Å². The molecule has 78 valence electrons. The van der Waals surface area contributed by atoms with Crippen LogP contribution in [0.4, 0.5) is 5.69 Å². The van der Waals surface area contributed by atoms with E-state index in [-0.39, 0.29) is 6.61 Å². The van der Waals surface area contributed by atoms with Crippen LogP contribution in [0.3, 0.4) is 0 Å². The Kier molecular flexibility index (Phi) is 5.59. The molecule has 1 rings (SSSR count). The van der Waals surface area contributed by atoms with E-state index in [2.05, 4.69) is 27.9 Å². The lowest BCUT2D eigenvalue weighted by Crippen LogP contribution is -2.03. The van der Waals surface area contributed by atoms with E-state index in [0.29, 0.717) is 0 Å². The molecule has 0 aliphatic carbocycles. The van der Waals surface area contributed by atoms with Gasteiger partial charge in [-0.1, -0.05) is 11.6 Å². The van der Waals surface area contributed by atoms with Gasteiger partial charge in [-0.15, -0.1) is 0 Å². The van der Waals surface area contributed by atoms with Gasteiger partial charge in [0.25, 0.3) is 0 Å². The molecule has 0 saturated carbocycles. The fraction of sp³-hybridized carbons (Fsp3) is 0.400. The largest absolute Gasteiger partial charge is 0.396 e. The second kappa shape index (κ2) is 6.48. The highest BCUT2D eigenvalue weighted by Gasteiger charge is 1.98. The first-order chi connectivity index (χ1) is 6.74. The van der Waals surface area contributed by atoms with Crippen molar-refractivity contribution in [1.29, 1.82) is 0 Å². The zero-order chi connectivity index (χ0) is 10.4. The van der Waals surface area contributed by atoms with Gasteiger partial charge in [-0.05, 0) is 53.6 Å². The first kappa shape index (κ1) is 12.1. The molecule has 0 atom stereocenters. The first-order valence-corrected chi connectivity index (χ1v) is 5.99. The van der Waals surface area contributed by atoms with Gasteiger partial charge in [-0.2, -0.15) is 0 Å². The van der Waals surface area contributed by atoms with Gasteiger partial charge >= 0.3 is 0 Å². The third kappa shape index (κ3) is 4.02. The molecule has 2 nitrogen and oxygen atoms in total. The fourth-order valence-corrected chi connectivity index (χ4v) is 2.15. The predicted molar refractivity (Wildman–Crippen MR) is 69.0 cm³/mol. The second-order valence-electron chi connectivity index (χ2n) is 2.98. The van der Waals surface area contributed by atoms with Gasteiger partial charge in [0.05, 0.1) is 0 Å². The van der Waals surface area contributed by atoms with Crippen LogP contribution in [0.1, 0.15) is 12.8 Å². The van der Waals surface area contributed by atoms with Crippen molar-refractivity contribution in [3.8, 4) is 0 Å². The van der Waals surface area contributed by atoms with Crippen molar-refractivity contribution >= 4 is 39.9 Å². The van der Waals surface area contributed by atoms with Crippen LogP contribution in [0.25, 0.3) is 0 Å². The molecule has 0 amide bonds. The van der Waals surface area contributed by atoms with Gasteiger partial charge in [0.2, 0.25) is 0 Å². The summed E-state index contributed by atoms with van der Waals surface area (Å²) >= 11 is 8.09. The van der Waals surface area contributed by atoms with Crippen molar-refractivity contribution in [2.75, 3.05) is 18.5 Å². The minimum Gasteiger partial charge on any atom is -0.396 e. The Morgan fingerprint density at radius 2 is 2.14 bits per heavy atom. The highest BCUT2D eigenvalue weighted by atomic mass is 127. The Hall–Kier alpha value is -0.000000000000000111. The molecule has 0 aromatic heterocycles. The molecule has 14 heavy (non-hydrogen) atoms. The Labute approximate surface area is 103 Å². The predicted octanol–water partition coefficient (Wildman–Crippen LogP) is 3.13. The molecule has 0 fully saturated rings. The van der Waals surface area contributed by atoms with Crippen LogP contribution >= 0.6 is 34.2 Å². The van der Waals surface area contributed by atoms with Crippen LogP contribution in [0.2, 0.25) is 5.02 Å². The SMILES string of the molecule is OCCCCNc1ccc(Cl)cc1I. The molecule has 0 unspecified atom stereocenters. The maximum atomic E-state index is 8.61. The van der Waals surface area contributed by atoms with Crippen LogP contribution in [-0.2, 0) is 0 Å². The van der Waals surface area contributed by atoms with E-state index >= 15 is 0 Å². The molecular formula is C10H13ClINO. The van der Waals surface area contributed by atoms with Crippen molar-refractivity contribution in [3.63, 3.8) is 0 Å². The number of anilines is 1. The van der Waals surface area contributed by atoms with Crippen molar-refractivity contribution in [2.24, 2.45) is 0 Å². The summed E-state index contributed by atoms with van der Waals surface area (Å²) in [5.41, 5.74) is 1.10. The van der Waals surface area contributed by atoms with Crippen LogP contribution in [-0.4, -0.2) is 18.3 Å². The zero-order valence-electron chi connectivity index (χ0n) is 7.76. The van der Waals surface area contributed by atoms with Gasteiger partial charge in [0, 0.05) is 27.4 Å². The van der Waals surface area contributed by atoms with E-state index in [0.717, 1.165) is 33.7 Å². The van der Waals surface area contributed by atoms with Crippen molar-refractivity contribution in [3.05, 3.63) is 26.8 Å². The summed E-state index contributed by atoms with van der Waals surface area (Å²) in [6, 6.07) is 5.78. The normalized spacial score (nSPS) is 10.2. The maximum absolute atomic E-state index is 8.61. The highest BCUT2D eigenvalue weighted by molar-refractivity contribution is 14.1. The minimum atomic E-state index is 0.263. The van der Waals surface area contributed by atoms with Crippen LogP contribution in [0.5, 0.6) is 0 Å². The summed E-state index contributed by atoms with van der Waals surface area (Å²) < 4.78 is 1.12. The van der Waals surface area contributed by atoms with Gasteiger partial charge in [-0.25, -0.2) is 0 Å². The van der Waals surface area contributed by atoms with E-state index in [1.54, 1.807) is 0 Å². The molecule has 1 aromatic rings. The molecule has 0 bridgehead atoms. The molecule has 0 heterocycles. The topological polar surface area (TPSA) is 32.3 Å². The van der Waals surface area contributed by atoms with Crippen LogP contribution in [0, 0.1) is 3.57 Å². The molecule has 0 spiro atoms. The zero-order valence-corrected chi connectivity index (χ0v) is 10.7. The molecule has 2 N–H and O–H groups in total. The van der Waals surface area contributed by atoms with Crippen molar-refractivity contribution < 1.29 is 5.11 Å². The van der Waals surface area contributed by atoms with Crippen LogP contribution in [0.15, 0.2) is 18.2 Å². The Balaban J connectivity index is 2.42. The summed E-state index contributed by atoms with van der Waals surface area (Å²) in [6.07, 6.45) is 1.83. The molecule has 1 aromatic carbocycles. The summed E-state index contributed by atoms with van der Waals surface area (Å²) in [5.74, 6) is 0. The lowest BCUT2D eigenvalue weighted by Gasteiger charge is -2.07. The van der Waals surface area contributed by atoms with E-state index < -0.39 is 0 Å². The molecule has 4 heteroatoms. The number of hydrogen-bond donors (Lipinski definition) is 2. The van der Waals surface area contributed by atoms with E-state index in [4.69, 9.17) is 16.7 Å². The Bertz CT molecular complexity index is 293. The van der Waals surface area contributed by atoms with Crippen molar-refractivity contribution in [1.82, 2.24) is 0 Å². The molecule has 0 radical (unpaired) electrons. The van der Waals surface area contributed by atoms with Gasteiger partial charge in [-0.3, -0.25) is 0 Å². The average Bonchev–Trinajstić information content (AvgIpc) is 2.15. The van der Waals surface area contributed by atoms with E-state index in [9.17, 15) is 0 Å². The number of aliphatic hydroxyl groups is 1. The average molecular weight is 326 g/mol. The minimum absolute atomic E-state index is 0.263.